The van der Waals surface area contributed by atoms with Crippen LogP contribution in [0.4, 0.5) is 0 Å². The van der Waals surface area contributed by atoms with E-state index in [1.165, 1.54) is 11.8 Å². The van der Waals surface area contributed by atoms with Gasteiger partial charge in [-0.25, -0.2) is 0 Å². The van der Waals surface area contributed by atoms with Gasteiger partial charge in [-0.2, -0.15) is 4.98 Å². The summed E-state index contributed by atoms with van der Waals surface area (Å²) in [6, 6.07) is 23.7. The average Bonchev–Trinajstić information content (AvgIpc) is 3.17. The van der Waals surface area contributed by atoms with Gasteiger partial charge in [0.2, 0.25) is 11.7 Å². The van der Waals surface area contributed by atoms with Crippen molar-refractivity contribution in [3.05, 3.63) is 78.7 Å². The third-order valence-corrected chi connectivity index (χ3v) is 4.46. The van der Waals surface area contributed by atoms with Crippen LogP contribution in [0.15, 0.2) is 82.3 Å². The van der Waals surface area contributed by atoms with E-state index in [1.807, 2.05) is 72.8 Å². The van der Waals surface area contributed by atoms with Crippen molar-refractivity contribution in [3.8, 4) is 22.6 Å². The maximum absolute atomic E-state index is 5.30. The molecule has 2 aromatic carbocycles. The Bertz CT molecular complexity index is 940. The fraction of sp³-hybridized carbons (Fsp3) is 0.0526. The Morgan fingerprint density at radius 2 is 1.48 bits per heavy atom. The normalized spacial score (nSPS) is 10.7. The van der Waals surface area contributed by atoms with Crippen molar-refractivity contribution in [1.82, 2.24) is 20.3 Å². The fourth-order valence-electron chi connectivity index (χ4n) is 2.31. The smallest absolute Gasteiger partial charge is 0.237 e. The summed E-state index contributed by atoms with van der Waals surface area (Å²) in [5.74, 6) is 1.72. The van der Waals surface area contributed by atoms with Crippen LogP contribution in [0.3, 0.4) is 0 Å². The Balaban J connectivity index is 1.41. The highest BCUT2D eigenvalue weighted by atomic mass is 32.2. The van der Waals surface area contributed by atoms with E-state index in [1.54, 1.807) is 0 Å². The molecule has 2 aromatic heterocycles. The molecule has 0 radical (unpaired) electrons. The second-order valence-electron chi connectivity index (χ2n) is 5.29. The molecule has 6 heteroatoms. The van der Waals surface area contributed by atoms with Crippen LogP contribution in [0.1, 0.15) is 5.89 Å². The molecule has 122 valence electrons. The van der Waals surface area contributed by atoms with E-state index in [0.717, 1.165) is 21.8 Å². The minimum absolute atomic E-state index is 0.555. The zero-order valence-corrected chi connectivity index (χ0v) is 14.1. The van der Waals surface area contributed by atoms with E-state index in [4.69, 9.17) is 4.52 Å². The summed E-state index contributed by atoms with van der Waals surface area (Å²) in [7, 11) is 0. The first-order chi connectivity index (χ1) is 12.4. The van der Waals surface area contributed by atoms with Gasteiger partial charge in [0.05, 0.1) is 11.4 Å². The predicted octanol–water partition coefficient (Wildman–Crippen LogP) is 4.49. The van der Waals surface area contributed by atoms with Crippen LogP contribution < -0.4 is 0 Å². The topological polar surface area (TPSA) is 64.7 Å². The summed E-state index contributed by atoms with van der Waals surface area (Å²) in [5.41, 5.74) is 2.85. The van der Waals surface area contributed by atoms with Crippen molar-refractivity contribution >= 4 is 11.8 Å². The predicted molar refractivity (Wildman–Crippen MR) is 96.8 cm³/mol. The maximum Gasteiger partial charge on any atom is 0.237 e. The highest BCUT2D eigenvalue weighted by molar-refractivity contribution is 7.98. The molecule has 0 amide bonds. The van der Waals surface area contributed by atoms with Crippen molar-refractivity contribution in [2.24, 2.45) is 0 Å². The minimum Gasteiger partial charge on any atom is -0.338 e. The Labute approximate surface area is 149 Å². The highest BCUT2D eigenvalue weighted by Crippen LogP contribution is 2.23. The van der Waals surface area contributed by atoms with Crippen LogP contribution in [0.5, 0.6) is 0 Å². The lowest BCUT2D eigenvalue weighted by atomic mass is 10.1. The van der Waals surface area contributed by atoms with Crippen LogP contribution in [-0.2, 0) is 5.75 Å². The van der Waals surface area contributed by atoms with Gasteiger partial charge in [-0.05, 0) is 12.1 Å². The van der Waals surface area contributed by atoms with Gasteiger partial charge in [-0.3, -0.25) is 0 Å². The molecule has 0 spiro atoms. The molecule has 0 aliphatic carbocycles. The number of benzene rings is 2. The Morgan fingerprint density at radius 1 is 0.760 bits per heavy atom. The summed E-state index contributed by atoms with van der Waals surface area (Å²) < 4.78 is 5.30. The van der Waals surface area contributed by atoms with E-state index in [0.29, 0.717) is 17.5 Å². The van der Waals surface area contributed by atoms with Crippen LogP contribution >= 0.6 is 11.8 Å². The van der Waals surface area contributed by atoms with Crippen LogP contribution in [0.2, 0.25) is 0 Å². The molecule has 0 saturated carbocycles. The van der Waals surface area contributed by atoms with E-state index < -0.39 is 0 Å². The van der Waals surface area contributed by atoms with Gasteiger partial charge >= 0.3 is 0 Å². The number of thioether (sulfide) groups is 1. The van der Waals surface area contributed by atoms with Gasteiger partial charge in [0.25, 0.3) is 0 Å². The zero-order valence-electron chi connectivity index (χ0n) is 13.2. The summed E-state index contributed by atoms with van der Waals surface area (Å²) in [6.07, 6.45) is 0. The van der Waals surface area contributed by atoms with E-state index in [-0.39, 0.29) is 0 Å². The van der Waals surface area contributed by atoms with Gasteiger partial charge in [-0.1, -0.05) is 77.6 Å². The van der Waals surface area contributed by atoms with Gasteiger partial charge in [0, 0.05) is 11.1 Å². The first-order valence-corrected chi connectivity index (χ1v) is 8.77. The van der Waals surface area contributed by atoms with Gasteiger partial charge < -0.3 is 4.52 Å². The zero-order chi connectivity index (χ0) is 16.9. The number of nitrogens with zero attached hydrogens (tertiary/aromatic N) is 4. The molecule has 0 unspecified atom stereocenters. The number of hydrogen-bond acceptors (Lipinski definition) is 6. The van der Waals surface area contributed by atoms with Crippen molar-refractivity contribution in [2.75, 3.05) is 0 Å². The lowest BCUT2D eigenvalue weighted by Crippen LogP contribution is -1.90. The van der Waals surface area contributed by atoms with E-state index in [2.05, 4.69) is 20.3 Å². The summed E-state index contributed by atoms with van der Waals surface area (Å²) >= 11 is 1.52. The molecule has 2 heterocycles. The molecule has 25 heavy (non-hydrogen) atoms. The lowest BCUT2D eigenvalue weighted by molar-refractivity contribution is 0.391. The molecular formula is C19H14N4OS. The standard InChI is InChI=1S/C19H14N4OS/c1-3-7-14(8-4-1)16-11-12-18(22-21-16)25-13-17-20-19(23-24-17)15-9-5-2-6-10-15/h1-12H,13H2. The molecule has 0 bridgehead atoms. The Kier molecular flexibility index (Phi) is 4.52. The SMILES string of the molecule is c1ccc(-c2ccc(SCc3nc(-c4ccccc4)no3)nn2)cc1. The summed E-state index contributed by atoms with van der Waals surface area (Å²) in [4.78, 5) is 4.41. The van der Waals surface area contributed by atoms with Crippen molar-refractivity contribution in [3.63, 3.8) is 0 Å². The molecule has 4 aromatic rings. The Morgan fingerprint density at radius 3 is 2.16 bits per heavy atom. The molecule has 0 N–H and O–H groups in total. The van der Waals surface area contributed by atoms with Crippen molar-refractivity contribution in [1.29, 1.82) is 0 Å². The van der Waals surface area contributed by atoms with E-state index >= 15 is 0 Å². The van der Waals surface area contributed by atoms with Gasteiger partial charge in [-0.15, -0.1) is 10.2 Å². The average molecular weight is 346 g/mol. The molecule has 0 saturated heterocycles. The molecule has 5 nitrogen and oxygen atoms in total. The third-order valence-electron chi connectivity index (χ3n) is 3.55. The van der Waals surface area contributed by atoms with Crippen LogP contribution in [-0.4, -0.2) is 20.3 Å². The molecule has 0 aliphatic rings. The Hall–Kier alpha value is -2.99. The fourth-order valence-corrected chi connectivity index (χ4v) is 2.96. The summed E-state index contributed by atoms with van der Waals surface area (Å²) in [6.45, 7) is 0. The monoisotopic (exact) mass is 346 g/mol. The number of rotatable bonds is 5. The molecule has 0 atom stereocenters. The van der Waals surface area contributed by atoms with Crippen molar-refractivity contribution < 1.29 is 4.52 Å². The first kappa shape index (κ1) is 15.5. The van der Waals surface area contributed by atoms with Crippen LogP contribution in [0.25, 0.3) is 22.6 Å². The molecule has 0 aliphatic heterocycles. The molecule has 4 rings (SSSR count). The van der Waals surface area contributed by atoms with Gasteiger partial charge in [0.15, 0.2) is 0 Å². The second kappa shape index (κ2) is 7.27. The largest absolute Gasteiger partial charge is 0.338 e. The third kappa shape index (κ3) is 3.75. The number of hydrogen-bond donors (Lipinski definition) is 0. The molecule has 0 fully saturated rings. The van der Waals surface area contributed by atoms with Gasteiger partial charge in [0.1, 0.15) is 5.03 Å². The lowest BCUT2D eigenvalue weighted by Gasteiger charge is -2.01. The minimum atomic E-state index is 0.555. The first-order valence-electron chi connectivity index (χ1n) is 7.78. The number of aromatic nitrogens is 4. The van der Waals surface area contributed by atoms with E-state index in [9.17, 15) is 0 Å². The molecular weight excluding hydrogens is 332 g/mol. The highest BCUT2D eigenvalue weighted by Gasteiger charge is 2.09. The summed E-state index contributed by atoms with van der Waals surface area (Å²) in [5, 5.41) is 13.4. The maximum atomic E-state index is 5.30. The van der Waals surface area contributed by atoms with Crippen LogP contribution in [0, 0.1) is 0 Å². The second-order valence-corrected chi connectivity index (χ2v) is 6.28. The van der Waals surface area contributed by atoms with Crippen molar-refractivity contribution in [2.45, 2.75) is 10.8 Å². The quantitative estimate of drug-likeness (QED) is 0.496.